The van der Waals surface area contributed by atoms with Gasteiger partial charge in [-0.25, -0.2) is 4.68 Å². The number of hydrogen-bond donors (Lipinski definition) is 1. The van der Waals surface area contributed by atoms with Crippen LogP contribution in [0.2, 0.25) is 0 Å². The molecule has 1 amide bonds. The summed E-state index contributed by atoms with van der Waals surface area (Å²) in [5.74, 6) is 0.176. The van der Waals surface area contributed by atoms with Gasteiger partial charge in [-0.1, -0.05) is 5.21 Å². The predicted octanol–water partition coefficient (Wildman–Crippen LogP) is 0.196. The molecule has 0 spiro atoms. The molecule has 1 N–H and O–H groups in total. The monoisotopic (exact) mass is 281 g/mol. The highest BCUT2D eigenvalue weighted by Gasteiger charge is 2.32. The molecule has 0 unspecified atom stereocenters. The summed E-state index contributed by atoms with van der Waals surface area (Å²) >= 11 is 0. The SMILES string of the molecule is CCN(CC)C(=O)[C@@H]1C[C@H](n2cc(COC)nn2)CN1. The molecule has 1 aliphatic rings. The van der Waals surface area contributed by atoms with Crippen molar-refractivity contribution in [2.75, 3.05) is 26.7 Å². The lowest BCUT2D eigenvalue weighted by Crippen LogP contribution is -2.43. The zero-order valence-electron chi connectivity index (χ0n) is 12.4. The first kappa shape index (κ1) is 14.9. The van der Waals surface area contributed by atoms with Crippen molar-refractivity contribution in [1.29, 1.82) is 0 Å². The van der Waals surface area contributed by atoms with Crippen LogP contribution in [0.5, 0.6) is 0 Å². The Morgan fingerprint density at radius 3 is 2.95 bits per heavy atom. The maximum absolute atomic E-state index is 12.3. The maximum atomic E-state index is 12.3. The number of carbonyl (C=O) groups excluding carboxylic acids is 1. The first-order valence-corrected chi connectivity index (χ1v) is 7.11. The highest BCUT2D eigenvalue weighted by atomic mass is 16.5. The first-order chi connectivity index (χ1) is 9.69. The second kappa shape index (κ2) is 6.81. The molecule has 112 valence electrons. The maximum Gasteiger partial charge on any atom is 0.239 e. The van der Waals surface area contributed by atoms with E-state index in [0.29, 0.717) is 6.61 Å². The lowest BCUT2D eigenvalue weighted by atomic mass is 10.1. The smallest absolute Gasteiger partial charge is 0.239 e. The van der Waals surface area contributed by atoms with Crippen LogP contribution in [0.15, 0.2) is 6.20 Å². The van der Waals surface area contributed by atoms with E-state index in [2.05, 4.69) is 15.6 Å². The lowest BCUT2D eigenvalue weighted by molar-refractivity contribution is -0.132. The van der Waals surface area contributed by atoms with Crippen molar-refractivity contribution in [2.24, 2.45) is 0 Å². The highest BCUT2D eigenvalue weighted by Crippen LogP contribution is 2.20. The third kappa shape index (κ3) is 3.16. The van der Waals surface area contributed by atoms with Crippen LogP contribution in [-0.2, 0) is 16.1 Å². The summed E-state index contributed by atoms with van der Waals surface area (Å²) in [6, 6.07) is 0.0626. The van der Waals surface area contributed by atoms with E-state index in [1.807, 2.05) is 29.6 Å². The second-order valence-electron chi connectivity index (χ2n) is 4.98. The molecule has 2 rings (SSSR count). The molecular weight excluding hydrogens is 258 g/mol. The Bertz CT molecular complexity index is 444. The van der Waals surface area contributed by atoms with E-state index < -0.39 is 0 Å². The molecule has 7 heteroatoms. The Morgan fingerprint density at radius 1 is 1.55 bits per heavy atom. The van der Waals surface area contributed by atoms with Crippen molar-refractivity contribution in [2.45, 2.75) is 39.0 Å². The number of rotatable bonds is 6. The van der Waals surface area contributed by atoms with Gasteiger partial charge in [-0.2, -0.15) is 0 Å². The third-order valence-corrected chi connectivity index (χ3v) is 3.70. The molecule has 0 saturated carbocycles. The molecule has 7 nitrogen and oxygen atoms in total. The summed E-state index contributed by atoms with van der Waals surface area (Å²) in [4.78, 5) is 14.1. The molecule has 2 atom stereocenters. The molecule has 1 fully saturated rings. The minimum absolute atomic E-state index is 0.116. The topological polar surface area (TPSA) is 72.3 Å². The van der Waals surface area contributed by atoms with E-state index in [1.165, 1.54) is 0 Å². The molecule has 0 bridgehead atoms. The molecule has 0 aromatic carbocycles. The van der Waals surface area contributed by atoms with Crippen molar-refractivity contribution in [3.8, 4) is 0 Å². The zero-order valence-corrected chi connectivity index (χ0v) is 12.4. The van der Waals surface area contributed by atoms with E-state index in [-0.39, 0.29) is 18.0 Å². The van der Waals surface area contributed by atoms with Gasteiger partial charge in [0.2, 0.25) is 5.91 Å². The summed E-state index contributed by atoms with van der Waals surface area (Å²) in [5.41, 5.74) is 0.811. The quantitative estimate of drug-likeness (QED) is 0.806. The van der Waals surface area contributed by atoms with Crippen LogP contribution in [0, 0.1) is 0 Å². The van der Waals surface area contributed by atoms with Crippen molar-refractivity contribution >= 4 is 5.91 Å². The zero-order chi connectivity index (χ0) is 14.5. The number of methoxy groups -OCH3 is 1. The summed E-state index contributed by atoms with van der Waals surface area (Å²) in [5, 5.41) is 11.5. The number of aromatic nitrogens is 3. The van der Waals surface area contributed by atoms with Gasteiger partial charge in [-0.15, -0.1) is 5.10 Å². The summed E-state index contributed by atoms with van der Waals surface area (Å²) in [6.45, 7) is 6.71. The van der Waals surface area contributed by atoms with E-state index in [0.717, 1.165) is 31.7 Å². The van der Waals surface area contributed by atoms with E-state index in [1.54, 1.807) is 7.11 Å². The van der Waals surface area contributed by atoms with Crippen LogP contribution >= 0.6 is 0 Å². The molecule has 0 aliphatic carbocycles. The van der Waals surface area contributed by atoms with Crippen LogP contribution in [0.1, 0.15) is 32.0 Å². The number of nitrogens with zero attached hydrogens (tertiary/aromatic N) is 4. The van der Waals surface area contributed by atoms with Crippen molar-refractivity contribution in [1.82, 2.24) is 25.2 Å². The van der Waals surface area contributed by atoms with Gasteiger partial charge in [-0.3, -0.25) is 4.79 Å². The summed E-state index contributed by atoms with van der Waals surface area (Å²) in [7, 11) is 1.63. The van der Waals surface area contributed by atoms with E-state index >= 15 is 0 Å². The van der Waals surface area contributed by atoms with Gasteiger partial charge in [0.15, 0.2) is 0 Å². The lowest BCUT2D eigenvalue weighted by Gasteiger charge is -2.22. The summed E-state index contributed by atoms with van der Waals surface area (Å²) in [6.07, 6.45) is 2.64. The van der Waals surface area contributed by atoms with Crippen LogP contribution in [0.3, 0.4) is 0 Å². The van der Waals surface area contributed by atoms with Gasteiger partial charge >= 0.3 is 0 Å². The Morgan fingerprint density at radius 2 is 2.30 bits per heavy atom. The van der Waals surface area contributed by atoms with Crippen LogP contribution < -0.4 is 5.32 Å². The average molecular weight is 281 g/mol. The second-order valence-corrected chi connectivity index (χ2v) is 4.98. The van der Waals surface area contributed by atoms with Gasteiger partial charge in [-0.05, 0) is 20.3 Å². The van der Waals surface area contributed by atoms with Gasteiger partial charge < -0.3 is 15.0 Å². The van der Waals surface area contributed by atoms with Crippen molar-refractivity contribution in [3.63, 3.8) is 0 Å². The molecule has 2 heterocycles. The van der Waals surface area contributed by atoms with Gasteiger partial charge in [0, 0.05) is 26.7 Å². The average Bonchev–Trinajstić information content (AvgIpc) is 3.08. The molecule has 1 aromatic rings. The number of ether oxygens (including phenoxy) is 1. The Balaban J connectivity index is 1.95. The molecule has 1 aliphatic heterocycles. The van der Waals surface area contributed by atoms with Gasteiger partial charge in [0.05, 0.1) is 24.9 Å². The van der Waals surface area contributed by atoms with Crippen molar-refractivity contribution < 1.29 is 9.53 Å². The molecule has 1 saturated heterocycles. The number of nitrogens with one attached hydrogen (secondary N) is 1. The normalized spacial score (nSPS) is 22.1. The first-order valence-electron chi connectivity index (χ1n) is 7.11. The number of carbonyl (C=O) groups is 1. The fourth-order valence-corrected chi connectivity index (χ4v) is 2.57. The number of hydrogen-bond acceptors (Lipinski definition) is 5. The number of likely N-dealkylation sites (N-methyl/N-ethyl adjacent to an activating group) is 1. The van der Waals surface area contributed by atoms with Crippen LogP contribution in [0.4, 0.5) is 0 Å². The van der Waals surface area contributed by atoms with Crippen molar-refractivity contribution in [3.05, 3.63) is 11.9 Å². The van der Waals surface area contributed by atoms with E-state index in [4.69, 9.17) is 4.74 Å². The number of amides is 1. The third-order valence-electron chi connectivity index (χ3n) is 3.70. The molecule has 0 radical (unpaired) electrons. The van der Waals surface area contributed by atoms with Crippen LogP contribution in [-0.4, -0.2) is 58.6 Å². The van der Waals surface area contributed by atoms with E-state index in [9.17, 15) is 4.79 Å². The van der Waals surface area contributed by atoms with Gasteiger partial charge in [0.25, 0.3) is 0 Å². The standard InChI is InChI=1S/C13H23N5O2/c1-4-17(5-2)13(19)12-6-11(7-14-12)18-8-10(9-20-3)15-16-18/h8,11-12,14H,4-7,9H2,1-3H3/t11-,12-/m0/s1. The minimum Gasteiger partial charge on any atom is -0.378 e. The van der Waals surface area contributed by atoms with Gasteiger partial charge in [0.1, 0.15) is 5.69 Å². The predicted molar refractivity (Wildman–Crippen MR) is 74.1 cm³/mol. The largest absolute Gasteiger partial charge is 0.378 e. The Labute approximate surface area is 119 Å². The fourth-order valence-electron chi connectivity index (χ4n) is 2.57. The summed E-state index contributed by atoms with van der Waals surface area (Å²) < 4.78 is 6.86. The molecule has 1 aromatic heterocycles. The Hall–Kier alpha value is -1.47. The molecular formula is C13H23N5O2. The van der Waals surface area contributed by atoms with Crippen LogP contribution in [0.25, 0.3) is 0 Å². The Kier molecular flexibility index (Phi) is 5.08. The molecule has 20 heavy (non-hydrogen) atoms. The fraction of sp³-hybridized carbons (Fsp3) is 0.769. The highest BCUT2D eigenvalue weighted by molar-refractivity contribution is 5.82. The minimum atomic E-state index is -0.116.